The fourth-order valence-corrected chi connectivity index (χ4v) is 4.25. The summed E-state index contributed by atoms with van der Waals surface area (Å²) in [4.78, 5) is 14.4. The molecule has 0 bridgehead atoms. The smallest absolute Gasteiger partial charge is 0.410 e. The molecule has 0 unspecified atom stereocenters. The molecule has 1 amide bonds. The highest BCUT2D eigenvalue weighted by Crippen LogP contribution is 2.33. The van der Waals surface area contributed by atoms with Gasteiger partial charge in [-0.1, -0.05) is 54.6 Å². The number of piperidine rings is 1. The molecule has 154 valence electrons. The molecular weight excluding hydrogens is 372 g/mol. The largest absolute Gasteiger partial charge is 0.445 e. The molecule has 0 N–H and O–H groups in total. The van der Waals surface area contributed by atoms with Crippen LogP contribution in [-0.2, 0) is 18.4 Å². The van der Waals surface area contributed by atoms with Gasteiger partial charge in [0.1, 0.15) is 6.61 Å². The molecular formula is C26H28N2O2. The summed E-state index contributed by atoms with van der Waals surface area (Å²) in [7, 11) is 2.12. The minimum atomic E-state index is -0.250. The zero-order chi connectivity index (χ0) is 21.1. The van der Waals surface area contributed by atoms with Crippen molar-refractivity contribution in [1.29, 1.82) is 0 Å². The van der Waals surface area contributed by atoms with E-state index < -0.39 is 0 Å². The molecule has 0 atom stereocenters. The second-order valence-electron chi connectivity index (χ2n) is 7.78. The second kappa shape index (κ2) is 8.62. The summed E-state index contributed by atoms with van der Waals surface area (Å²) in [6.07, 6.45) is 2.70. The third-order valence-electron chi connectivity index (χ3n) is 5.98. The maximum absolute atomic E-state index is 12.6. The van der Waals surface area contributed by atoms with Gasteiger partial charge in [0.2, 0.25) is 0 Å². The normalized spacial score (nSPS) is 17.4. The Bertz CT molecular complexity index is 1120. The molecule has 1 fully saturated rings. The third-order valence-corrected chi connectivity index (χ3v) is 5.98. The van der Waals surface area contributed by atoms with Gasteiger partial charge >= 0.3 is 6.09 Å². The van der Waals surface area contributed by atoms with Gasteiger partial charge in [-0.2, -0.15) is 0 Å². The summed E-state index contributed by atoms with van der Waals surface area (Å²) < 4.78 is 7.79. The molecule has 2 aromatic carbocycles. The number of allylic oxidation sites excluding steroid dienone is 2. The van der Waals surface area contributed by atoms with Gasteiger partial charge < -0.3 is 14.2 Å². The highest BCUT2D eigenvalue weighted by molar-refractivity contribution is 5.86. The van der Waals surface area contributed by atoms with E-state index in [-0.39, 0.29) is 6.09 Å². The number of aryl methyl sites for hydroxylation is 1. The van der Waals surface area contributed by atoms with E-state index in [1.54, 1.807) is 4.90 Å². The number of benzene rings is 2. The number of ether oxygens (including phenoxy) is 1. The van der Waals surface area contributed by atoms with Crippen LogP contribution in [0.3, 0.4) is 0 Å². The standard InChI is InChI=1S/C26H28N2O2/c1-4-21-17-28(26(29)30-18-20-10-6-5-7-11-20)15-14-23(21)19(2)25-16-22-12-8-9-13-24(22)27(25)3/h4-13,16H,14-15,17-18H2,1-3H3/b21-4+,23-19+. The summed E-state index contributed by atoms with van der Waals surface area (Å²) in [6.45, 7) is 5.79. The van der Waals surface area contributed by atoms with Crippen LogP contribution < -0.4 is 0 Å². The summed E-state index contributed by atoms with van der Waals surface area (Å²) in [5.74, 6) is 0. The van der Waals surface area contributed by atoms with E-state index in [1.807, 2.05) is 37.3 Å². The van der Waals surface area contributed by atoms with Crippen LogP contribution in [0.15, 0.2) is 77.9 Å². The van der Waals surface area contributed by atoms with Gasteiger partial charge in [0.15, 0.2) is 0 Å². The number of para-hydroxylation sites is 1. The quantitative estimate of drug-likeness (QED) is 0.545. The van der Waals surface area contributed by atoms with Gasteiger partial charge in [-0.15, -0.1) is 0 Å². The molecule has 4 heteroatoms. The molecule has 0 saturated carbocycles. The number of likely N-dealkylation sites (tertiary alicyclic amines) is 1. The Morgan fingerprint density at radius 2 is 1.83 bits per heavy atom. The van der Waals surface area contributed by atoms with Crippen molar-refractivity contribution in [3.63, 3.8) is 0 Å². The molecule has 4 rings (SSSR count). The number of rotatable bonds is 3. The van der Waals surface area contributed by atoms with Crippen molar-refractivity contribution >= 4 is 22.6 Å². The van der Waals surface area contributed by atoms with E-state index in [9.17, 15) is 4.79 Å². The predicted octanol–water partition coefficient (Wildman–Crippen LogP) is 5.94. The van der Waals surface area contributed by atoms with Crippen molar-refractivity contribution in [2.75, 3.05) is 13.1 Å². The van der Waals surface area contributed by atoms with E-state index in [0.29, 0.717) is 19.7 Å². The fraction of sp³-hybridized carbons (Fsp3) is 0.269. The fourth-order valence-electron chi connectivity index (χ4n) is 4.25. The highest BCUT2D eigenvalue weighted by atomic mass is 16.6. The molecule has 3 aromatic rings. The SMILES string of the molecule is C/C=C1\CN(C(=O)OCc2ccccc2)CC\C1=C(\C)c1cc2ccccc2n1C. The van der Waals surface area contributed by atoms with Crippen molar-refractivity contribution < 1.29 is 9.53 Å². The maximum Gasteiger partial charge on any atom is 0.410 e. The van der Waals surface area contributed by atoms with Crippen LogP contribution in [0.5, 0.6) is 0 Å². The Hall–Kier alpha value is -3.27. The van der Waals surface area contributed by atoms with Gasteiger partial charge in [0.05, 0.1) is 0 Å². The summed E-state index contributed by atoms with van der Waals surface area (Å²) in [5.41, 5.74) is 7.26. The number of aromatic nitrogens is 1. The molecule has 30 heavy (non-hydrogen) atoms. The third kappa shape index (κ3) is 3.90. The number of hydrogen-bond acceptors (Lipinski definition) is 2. The Labute approximate surface area is 178 Å². The number of carbonyl (C=O) groups excluding carboxylic acids is 1. The van der Waals surface area contributed by atoms with Crippen molar-refractivity contribution in [2.45, 2.75) is 26.9 Å². The van der Waals surface area contributed by atoms with E-state index in [4.69, 9.17) is 4.74 Å². The molecule has 0 radical (unpaired) electrons. The van der Waals surface area contributed by atoms with Crippen LogP contribution in [-0.4, -0.2) is 28.6 Å². The van der Waals surface area contributed by atoms with Crippen molar-refractivity contribution in [3.05, 3.63) is 89.1 Å². The minimum Gasteiger partial charge on any atom is -0.445 e. The zero-order valence-electron chi connectivity index (χ0n) is 17.9. The lowest BCUT2D eigenvalue weighted by Crippen LogP contribution is -2.38. The Balaban J connectivity index is 1.51. The van der Waals surface area contributed by atoms with Crippen LogP contribution in [0.25, 0.3) is 16.5 Å². The van der Waals surface area contributed by atoms with Crippen LogP contribution >= 0.6 is 0 Å². The molecule has 1 aliphatic heterocycles. The lowest BCUT2D eigenvalue weighted by Gasteiger charge is -2.31. The van der Waals surface area contributed by atoms with Crippen LogP contribution in [0.4, 0.5) is 4.79 Å². The first-order valence-electron chi connectivity index (χ1n) is 10.4. The van der Waals surface area contributed by atoms with E-state index in [2.05, 4.69) is 54.9 Å². The van der Waals surface area contributed by atoms with E-state index in [0.717, 1.165) is 12.0 Å². The average molecular weight is 401 g/mol. The van der Waals surface area contributed by atoms with Crippen LogP contribution in [0, 0.1) is 0 Å². The van der Waals surface area contributed by atoms with E-state index >= 15 is 0 Å². The predicted molar refractivity (Wildman–Crippen MR) is 122 cm³/mol. The molecule has 0 spiro atoms. The average Bonchev–Trinajstić information content (AvgIpc) is 3.14. The molecule has 1 aliphatic rings. The van der Waals surface area contributed by atoms with Crippen molar-refractivity contribution in [3.8, 4) is 0 Å². The maximum atomic E-state index is 12.6. The van der Waals surface area contributed by atoms with Crippen molar-refractivity contribution in [1.82, 2.24) is 9.47 Å². The number of fused-ring (bicyclic) bond motifs is 1. The number of carbonyl (C=O) groups is 1. The summed E-state index contributed by atoms with van der Waals surface area (Å²) in [5, 5.41) is 1.25. The van der Waals surface area contributed by atoms with Crippen LogP contribution in [0.2, 0.25) is 0 Å². The van der Waals surface area contributed by atoms with Gasteiger partial charge in [-0.05, 0) is 54.7 Å². The zero-order valence-corrected chi connectivity index (χ0v) is 17.9. The molecule has 0 aliphatic carbocycles. The van der Waals surface area contributed by atoms with Gasteiger partial charge in [0.25, 0.3) is 0 Å². The number of hydrogen-bond donors (Lipinski definition) is 0. The van der Waals surface area contributed by atoms with Gasteiger partial charge in [-0.25, -0.2) is 4.79 Å². The number of nitrogens with zero attached hydrogens (tertiary/aromatic N) is 2. The summed E-state index contributed by atoms with van der Waals surface area (Å²) >= 11 is 0. The van der Waals surface area contributed by atoms with E-state index in [1.165, 1.54) is 33.3 Å². The Kier molecular flexibility index (Phi) is 5.75. The van der Waals surface area contributed by atoms with Gasteiger partial charge in [0, 0.05) is 36.7 Å². The van der Waals surface area contributed by atoms with Crippen LogP contribution in [0.1, 0.15) is 31.5 Å². The minimum absolute atomic E-state index is 0.250. The first kappa shape index (κ1) is 20.0. The highest BCUT2D eigenvalue weighted by Gasteiger charge is 2.25. The Morgan fingerprint density at radius 3 is 2.57 bits per heavy atom. The lowest BCUT2D eigenvalue weighted by atomic mass is 9.92. The number of amides is 1. The molecule has 1 aromatic heterocycles. The summed E-state index contributed by atoms with van der Waals surface area (Å²) in [6, 6.07) is 20.5. The Morgan fingerprint density at radius 1 is 1.10 bits per heavy atom. The topological polar surface area (TPSA) is 34.5 Å². The lowest BCUT2D eigenvalue weighted by molar-refractivity contribution is 0.0977. The second-order valence-corrected chi connectivity index (χ2v) is 7.78. The first-order valence-corrected chi connectivity index (χ1v) is 10.4. The van der Waals surface area contributed by atoms with Gasteiger partial charge in [-0.3, -0.25) is 0 Å². The molecule has 2 heterocycles. The van der Waals surface area contributed by atoms with Crippen molar-refractivity contribution in [2.24, 2.45) is 7.05 Å². The first-order chi connectivity index (χ1) is 14.6. The molecule has 4 nitrogen and oxygen atoms in total. The monoisotopic (exact) mass is 400 g/mol. The molecule has 1 saturated heterocycles.